The van der Waals surface area contributed by atoms with Crippen LogP contribution in [-0.4, -0.2) is 41.3 Å². The molecule has 0 unspecified atom stereocenters. The van der Waals surface area contributed by atoms with Gasteiger partial charge in [-0.15, -0.1) is 0 Å². The van der Waals surface area contributed by atoms with Crippen molar-refractivity contribution in [1.29, 1.82) is 0 Å². The predicted octanol–water partition coefficient (Wildman–Crippen LogP) is 1.34. The molecule has 0 saturated carbocycles. The number of carboxylic acid groups (broad SMARTS) is 1. The monoisotopic (exact) mass is 211 g/mol. The van der Waals surface area contributed by atoms with Crippen LogP contribution in [0.2, 0.25) is 0 Å². The molecule has 1 heterocycles. The van der Waals surface area contributed by atoms with Crippen molar-refractivity contribution in [2.75, 3.05) is 13.1 Å². The third kappa shape index (κ3) is 2.37. The highest BCUT2D eigenvalue weighted by Crippen LogP contribution is 2.34. The molecule has 82 valence electrons. The molecule has 1 aliphatic heterocycles. The number of halogens is 3. The fourth-order valence-corrected chi connectivity index (χ4v) is 1.56. The van der Waals surface area contributed by atoms with Gasteiger partial charge < -0.3 is 5.11 Å². The topological polar surface area (TPSA) is 40.5 Å². The van der Waals surface area contributed by atoms with Gasteiger partial charge in [-0.05, 0) is 19.9 Å². The molecular formula is C8H12F3NO2. The summed E-state index contributed by atoms with van der Waals surface area (Å²) in [6, 6.07) is -0.831. The Morgan fingerprint density at radius 1 is 1.57 bits per heavy atom. The van der Waals surface area contributed by atoms with Gasteiger partial charge in [-0.25, -0.2) is 0 Å². The van der Waals surface area contributed by atoms with Crippen LogP contribution in [0.3, 0.4) is 0 Å². The number of aliphatic carboxylic acids is 1. The first-order valence-electron chi connectivity index (χ1n) is 4.36. The molecular weight excluding hydrogens is 199 g/mol. The Morgan fingerprint density at radius 2 is 2.14 bits per heavy atom. The molecule has 1 fully saturated rings. The molecule has 0 radical (unpaired) electrons. The first-order valence-corrected chi connectivity index (χ1v) is 4.36. The summed E-state index contributed by atoms with van der Waals surface area (Å²) in [5, 5.41) is 8.61. The fraction of sp³-hybridized carbons (Fsp3) is 0.875. The molecule has 3 nitrogen and oxygen atoms in total. The van der Waals surface area contributed by atoms with Gasteiger partial charge in [0, 0.05) is 6.54 Å². The lowest BCUT2D eigenvalue weighted by Gasteiger charge is -2.21. The van der Waals surface area contributed by atoms with Crippen LogP contribution in [0, 0.1) is 5.92 Å². The molecule has 0 amide bonds. The Morgan fingerprint density at radius 3 is 2.50 bits per heavy atom. The molecule has 2 atom stereocenters. The number of likely N-dealkylation sites (tertiary alicyclic amines) is 1. The second kappa shape index (κ2) is 3.76. The minimum atomic E-state index is -4.20. The van der Waals surface area contributed by atoms with E-state index in [4.69, 9.17) is 5.11 Å². The summed E-state index contributed by atoms with van der Waals surface area (Å²) in [6.45, 7) is 1.41. The van der Waals surface area contributed by atoms with Crippen molar-refractivity contribution in [2.45, 2.75) is 25.6 Å². The highest BCUT2D eigenvalue weighted by molar-refractivity contribution is 5.72. The van der Waals surface area contributed by atoms with E-state index < -0.39 is 24.1 Å². The number of hydrogen-bond acceptors (Lipinski definition) is 2. The van der Waals surface area contributed by atoms with Crippen molar-refractivity contribution in [3.63, 3.8) is 0 Å². The smallest absolute Gasteiger partial charge is 0.393 e. The van der Waals surface area contributed by atoms with Crippen molar-refractivity contribution in [3.05, 3.63) is 0 Å². The lowest BCUT2D eigenvalue weighted by Crippen LogP contribution is -2.38. The zero-order valence-electron chi connectivity index (χ0n) is 7.71. The van der Waals surface area contributed by atoms with Crippen LogP contribution in [-0.2, 0) is 4.79 Å². The molecule has 0 aromatic rings. The van der Waals surface area contributed by atoms with Gasteiger partial charge >= 0.3 is 12.1 Å². The minimum absolute atomic E-state index is 0.00111. The van der Waals surface area contributed by atoms with E-state index in [9.17, 15) is 18.0 Å². The highest BCUT2D eigenvalue weighted by atomic mass is 19.4. The van der Waals surface area contributed by atoms with E-state index in [0.717, 1.165) is 0 Å². The quantitative estimate of drug-likeness (QED) is 0.749. The predicted molar refractivity (Wildman–Crippen MR) is 42.8 cm³/mol. The van der Waals surface area contributed by atoms with E-state index in [1.54, 1.807) is 0 Å². The molecule has 0 aromatic heterocycles. The number of carbonyl (C=O) groups is 1. The van der Waals surface area contributed by atoms with Crippen molar-refractivity contribution in [2.24, 2.45) is 5.92 Å². The SMILES string of the molecule is C[C@@H](C(=O)O)N1CC[C@@H](C(F)(F)F)C1. The van der Waals surface area contributed by atoms with Crippen LogP contribution >= 0.6 is 0 Å². The average molecular weight is 211 g/mol. The summed E-state index contributed by atoms with van der Waals surface area (Å²) in [6.07, 6.45) is -4.20. The van der Waals surface area contributed by atoms with Gasteiger partial charge in [0.25, 0.3) is 0 Å². The molecule has 6 heteroatoms. The number of hydrogen-bond donors (Lipinski definition) is 1. The van der Waals surface area contributed by atoms with Crippen LogP contribution in [0.25, 0.3) is 0 Å². The van der Waals surface area contributed by atoms with Crippen LogP contribution in [0.5, 0.6) is 0 Å². The summed E-state index contributed by atoms with van der Waals surface area (Å²) in [5.41, 5.74) is 0. The molecule has 0 bridgehead atoms. The van der Waals surface area contributed by atoms with E-state index in [1.165, 1.54) is 11.8 Å². The van der Waals surface area contributed by atoms with Gasteiger partial charge in [-0.2, -0.15) is 13.2 Å². The Labute approximate surface area is 79.5 Å². The van der Waals surface area contributed by atoms with E-state index >= 15 is 0 Å². The van der Waals surface area contributed by atoms with E-state index in [1.807, 2.05) is 0 Å². The molecule has 1 aliphatic rings. The second-order valence-corrected chi connectivity index (χ2v) is 3.54. The third-order valence-electron chi connectivity index (χ3n) is 2.59. The van der Waals surface area contributed by atoms with Gasteiger partial charge in [0.05, 0.1) is 5.92 Å². The van der Waals surface area contributed by atoms with Crippen molar-refractivity contribution < 1.29 is 23.1 Å². The summed E-state index contributed by atoms with van der Waals surface area (Å²) < 4.78 is 36.7. The van der Waals surface area contributed by atoms with Crippen molar-refractivity contribution in [3.8, 4) is 0 Å². The largest absolute Gasteiger partial charge is 0.480 e. The van der Waals surface area contributed by atoms with Crippen LogP contribution in [0.1, 0.15) is 13.3 Å². The molecule has 0 spiro atoms. The minimum Gasteiger partial charge on any atom is -0.480 e. The number of rotatable bonds is 2. The van der Waals surface area contributed by atoms with Crippen LogP contribution in [0.4, 0.5) is 13.2 Å². The number of nitrogens with zero attached hydrogens (tertiary/aromatic N) is 1. The summed E-state index contributed by atoms with van der Waals surface area (Å²) in [5.74, 6) is -2.45. The zero-order chi connectivity index (χ0) is 10.9. The second-order valence-electron chi connectivity index (χ2n) is 3.54. The molecule has 0 aromatic carbocycles. The molecule has 1 N–H and O–H groups in total. The highest BCUT2D eigenvalue weighted by Gasteiger charge is 2.45. The summed E-state index contributed by atoms with van der Waals surface area (Å²) in [7, 11) is 0. The maximum absolute atomic E-state index is 12.2. The maximum Gasteiger partial charge on any atom is 0.393 e. The molecule has 1 rings (SSSR count). The zero-order valence-corrected chi connectivity index (χ0v) is 7.71. The Balaban J connectivity index is 2.53. The van der Waals surface area contributed by atoms with Gasteiger partial charge in [0.2, 0.25) is 0 Å². The summed E-state index contributed by atoms with van der Waals surface area (Å²) >= 11 is 0. The van der Waals surface area contributed by atoms with E-state index in [0.29, 0.717) is 0 Å². The Kier molecular flexibility index (Phi) is 3.04. The van der Waals surface area contributed by atoms with E-state index in [2.05, 4.69) is 0 Å². The standard InChI is InChI=1S/C8H12F3NO2/c1-5(7(13)14)12-3-2-6(4-12)8(9,10)11/h5-6H,2-4H2,1H3,(H,13,14)/t5-,6+/m0/s1. The Bertz CT molecular complexity index is 229. The van der Waals surface area contributed by atoms with Gasteiger partial charge in [0.15, 0.2) is 0 Å². The lowest BCUT2D eigenvalue weighted by molar-refractivity contribution is -0.171. The fourth-order valence-electron chi connectivity index (χ4n) is 1.56. The molecule has 14 heavy (non-hydrogen) atoms. The van der Waals surface area contributed by atoms with E-state index in [-0.39, 0.29) is 19.5 Å². The van der Waals surface area contributed by atoms with Gasteiger partial charge in [-0.3, -0.25) is 9.69 Å². The first-order chi connectivity index (χ1) is 6.32. The summed E-state index contributed by atoms with van der Waals surface area (Å²) in [4.78, 5) is 11.9. The third-order valence-corrected chi connectivity index (χ3v) is 2.59. The normalized spacial score (nSPS) is 26.4. The Hall–Kier alpha value is -0.780. The lowest BCUT2D eigenvalue weighted by atomic mass is 10.1. The molecule has 0 aliphatic carbocycles. The van der Waals surface area contributed by atoms with Crippen LogP contribution < -0.4 is 0 Å². The van der Waals surface area contributed by atoms with Crippen LogP contribution in [0.15, 0.2) is 0 Å². The van der Waals surface area contributed by atoms with Gasteiger partial charge in [-0.1, -0.05) is 0 Å². The van der Waals surface area contributed by atoms with Crippen molar-refractivity contribution in [1.82, 2.24) is 4.90 Å². The maximum atomic E-state index is 12.2. The first kappa shape index (κ1) is 11.3. The number of carboxylic acids is 1. The van der Waals surface area contributed by atoms with Gasteiger partial charge in [0.1, 0.15) is 6.04 Å². The number of alkyl halides is 3. The average Bonchev–Trinajstić information content (AvgIpc) is 2.49. The molecule has 1 saturated heterocycles. The van der Waals surface area contributed by atoms with Crippen molar-refractivity contribution >= 4 is 5.97 Å².